The number of hydrogen-bond acceptors (Lipinski definition) is 4. The van der Waals surface area contributed by atoms with Crippen molar-refractivity contribution in [2.45, 2.75) is 50.2 Å². The van der Waals surface area contributed by atoms with Crippen LogP contribution in [0.25, 0.3) is 0 Å². The highest BCUT2D eigenvalue weighted by Crippen LogP contribution is 2.23. The molecule has 0 radical (unpaired) electrons. The maximum atomic E-state index is 12.0. The molecule has 0 aromatic heterocycles. The van der Waals surface area contributed by atoms with Crippen LogP contribution in [-0.4, -0.2) is 27.2 Å². The lowest BCUT2D eigenvalue weighted by Crippen LogP contribution is -2.19. The van der Waals surface area contributed by atoms with Gasteiger partial charge in [-0.1, -0.05) is 24.6 Å². The summed E-state index contributed by atoms with van der Waals surface area (Å²) in [5, 5.41) is 0. The van der Waals surface area contributed by atoms with E-state index in [4.69, 9.17) is 8.92 Å². The molecule has 1 saturated heterocycles. The van der Waals surface area contributed by atoms with E-state index >= 15 is 0 Å². The van der Waals surface area contributed by atoms with Gasteiger partial charge in [-0.15, -0.1) is 0 Å². The molecule has 19 heavy (non-hydrogen) atoms. The van der Waals surface area contributed by atoms with Crippen LogP contribution in [-0.2, 0) is 19.0 Å². The topological polar surface area (TPSA) is 52.6 Å². The molecule has 1 heterocycles. The second kappa shape index (κ2) is 6.03. The third-order valence-corrected chi connectivity index (χ3v) is 4.67. The van der Waals surface area contributed by atoms with Crippen LogP contribution in [0.5, 0.6) is 0 Å². The number of ether oxygens (including phenoxy) is 1. The van der Waals surface area contributed by atoms with Gasteiger partial charge in [0.15, 0.2) is 0 Å². The van der Waals surface area contributed by atoms with Crippen molar-refractivity contribution < 1.29 is 17.3 Å². The highest BCUT2D eigenvalue weighted by molar-refractivity contribution is 7.86. The van der Waals surface area contributed by atoms with E-state index in [1.165, 1.54) is 0 Å². The van der Waals surface area contributed by atoms with Crippen molar-refractivity contribution in [3.63, 3.8) is 0 Å². The molecule has 1 aliphatic rings. The third kappa shape index (κ3) is 3.78. The van der Waals surface area contributed by atoms with Gasteiger partial charge < -0.3 is 4.74 Å². The first-order valence-corrected chi connectivity index (χ1v) is 8.03. The van der Waals surface area contributed by atoms with Crippen LogP contribution in [0.2, 0.25) is 0 Å². The minimum Gasteiger partial charge on any atom is -0.373 e. The molecule has 5 heteroatoms. The van der Waals surface area contributed by atoms with Gasteiger partial charge in [0.25, 0.3) is 10.1 Å². The molecule has 4 nitrogen and oxygen atoms in total. The van der Waals surface area contributed by atoms with Crippen molar-refractivity contribution in [2.75, 3.05) is 6.61 Å². The molecule has 1 unspecified atom stereocenters. The number of hydrogen-bond donors (Lipinski definition) is 0. The fourth-order valence-corrected chi connectivity index (χ4v) is 3.08. The second-order valence-corrected chi connectivity index (χ2v) is 6.53. The Hall–Kier alpha value is -0.910. The highest BCUT2D eigenvalue weighted by atomic mass is 32.2. The van der Waals surface area contributed by atoms with Crippen LogP contribution < -0.4 is 0 Å². The molecule has 1 aliphatic heterocycles. The monoisotopic (exact) mass is 284 g/mol. The zero-order valence-corrected chi connectivity index (χ0v) is 12.2. The average molecular weight is 284 g/mol. The summed E-state index contributed by atoms with van der Waals surface area (Å²) in [5.74, 6) is 0. The largest absolute Gasteiger partial charge is 0.373 e. The number of benzene rings is 1. The zero-order chi connectivity index (χ0) is 13.9. The standard InChI is InChI=1S/C14H20O4S/c1-3-12-6-7-13(18-12)10-17-19(15,16)14-8-4-11(2)5-9-14/h4-5,8-9,12-13H,3,6-7,10H2,1-2H3/t12-,13?/m0/s1. The van der Waals surface area contributed by atoms with Crippen LogP contribution in [0.3, 0.4) is 0 Å². The van der Waals surface area contributed by atoms with Crippen molar-refractivity contribution in [1.82, 2.24) is 0 Å². The van der Waals surface area contributed by atoms with Gasteiger partial charge in [0, 0.05) is 0 Å². The molecule has 0 aliphatic carbocycles. The molecule has 0 saturated carbocycles. The van der Waals surface area contributed by atoms with E-state index in [2.05, 4.69) is 6.92 Å². The fourth-order valence-electron chi connectivity index (χ4n) is 2.14. The predicted octanol–water partition coefficient (Wildman–Crippen LogP) is 2.66. The van der Waals surface area contributed by atoms with E-state index in [1.54, 1.807) is 24.3 Å². The summed E-state index contributed by atoms with van der Waals surface area (Å²) in [6, 6.07) is 6.65. The van der Waals surface area contributed by atoms with Gasteiger partial charge in [-0.25, -0.2) is 0 Å². The van der Waals surface area contributed by atoms with E-state index in [0.29, 0.717) is 0 Å². The van der Waals surface area contributed by atoms with Crippen LogP contribution >= 0.6 is 0 Å². The Bertz CT molecular complexity index is 507. The minimum atomic E-state index is -3.67. The van der Waals surface area contributed by atoms with Crippen LogP contribution in [0.15, 0.2) is 29.2 Å². The summed E-state index contributed by atoms with van der Waals surface area (Å²) < 4.78 is 34.7. The van der Waals surface area contributed by atoms with Gasteiger partial charge in [-0.05, 0) is 38.3 Å². The van der Waals surface area contributed by atoms with E-state index in [1.807, 2.05) is 6.92 Å². The molecular weight excluding hydrogens is 264 g/mol. The lowest BCUT2D eigenvalue weighted by Gasteiger charge is -2.12. The Kier molecular flexibility index (Phi) is 4.60. The summed E-state index contributed by atoms with van der Waals surface area (Å²) in [7, 11) is -3.67. The number of rotatable bonds is 5. The van der Waals surface area contributed by atoms with Crippen LogP contribution in [0.1, 0.15) is 31.7 Å². The van der Waals surface area contributed by atoms with Crippen molar-refractivity contribution in [1.29, 1.82) is 0 Å². The van der Waals surface area contributed by atoms with Crippen molar-refractivity contribution in [3.8, 4) is 0 Å². The van der Waals surface area contributed by atoms with Gasteiger partial charge >= 0.3 is 0 Å². The molecule has 0 bridgehead atoms. The van der Waals surface area contributed by atoms with Gasteiger partial charge in [0.1, 0.15) is 0 Å². The second-order valence-electron chi connectivity index (χ2n) is 4.92. The molecule has 1 aromatic carbocycles. The fraction of sp³-hybridized carbons (Fsp3) is 0.571. The Balaban J connectivity index is 1.93. The predicted molar refractivity (Wildman–Crippen MR) is 72.5 cm³/mol. The lowest BCUT2D eigenvalue weighted by molar-refractivity contribution is 0.0180. The van der Waals surface area contributed by atoms with Gasteiger partial charge in [-0.2, -0.15) is 8.42 Å². The lowest BCUT2D eigenvalue weighted by atomic mass is 10.2. The Labute approximate surface area is 114 Å². The first kappa shape index (κ1) is 14.5. The summed E-state index contributed by atoms with van der Waals surface area (Å²) >= 11 is 0. The summed E-state index contributed by atoms with van der Waals surface area (Å²) in [6.45, 7) is 4.08. The molecule has 1 aromatic rings. The van der Waals surface area contributed by atoms with E-state index in [-0.39, 0.29) is 23.7 Å². The summed E-state index contributed by atoms with van der Waals surface area (Å²) in [6.07, 6.45) is 2.94. The molecular formula is C14H20O4S. The molecule has 2 atom stereocenters. The van der Waals surface area contributed by atoms with E-state index in [9.17, 15) is 8.42 Å². The Morgan fingerprint density at radius 3 is 2.42 bits per heavy atom. The maximum absolute atomic E-state index is 12.0. The van der Waals surface area contributed by atoms with Crippen LogP contribution in [0.4, 0.5) is 0 Å². The normalized spacial score (nSPS) is 23.7. The van der Waals surface area contributed by atoms with Crippen molar-refractivity contribution in [2.24, 2.45) is 0 Å². The molecule has 0 amide bonds. The molecule has 106 valence electrons. The Morgan fingerprint density at radius 2 is 1.84 bits per heavy atom. The molecule has 2 rings (SSSR count). The first-order valence-electron chi connectivity index (χ1n) is 6.63. The minimum absolute atomic E-state index is 0.104. The first-order chi connectivity index (χ1) is 9.01. The maximum Gasteiger partial charge on any atom is 0.297 e. The average Bonchev–Trinajstić information content (AvgIpc) is 2.85. The van der Waals surface area contributed by atoms with Gasteiger partial charge in [0.2, 0.25) is 0 Å². The smallest absolute Gasteiger partial charge is 0.297 e. The van der Waals surface area contributed by atoms with Crippen molar-refractivity contribution >= 4 is 10.1 Å². The van der Waals surface area contributed by atoms with Gasteiger partial charge in [-0.3, -0.25) is 4.18 Å². The van der Waals surface area contributed by atoms with E-state index < -0.39 is 10.1 Å². The van der Waals surface area contributed by atoms with Gasteiger partial charge in [0.05, 0.1) is 23.7 Å². The van der Waals surface area contributed by atoms with Crippen LogP contribution in [0, 0.1) is 6.92 Å². The molecule has 0 N–H and O–H groups in total. The zero-order valence-electron chi connectivity index (χ0n) is 11.3. The highest BCUT2D eigenvalue weighted by Gasteiger charge is 2.26. The quantitative estimate of drug-likeness (QED) is 0.780. The molecule has 1 fully saturated rings. The summed E-state index contributed by atoms with van der Waals surface area (Å²) in [5.41, 5.74) is 1.02. The molecule has 0 spiro atoms. The third-order valence-electron chi connectivity index (χ3n) is 3.37. The summed E-state index contributed by atoms with van der Waals surface area (Å²) in [4.78, 5) is 0.197. The number of aryl methyl sites for hydroxylation is 1. The van der Waals surface area contributed by atoms with E-state index in [0.717, 1.165) is 24.8 Å². The SMILES string of the molecule is CC[C@H]1CCC(COS(=O)(=O)c2ccc(C)cc2)O1. The Morgan fingerprint density at radius 1 is 1.21 bits per heavy atom. The van der Waals surface area contributed by atoms with Crippen molar-refractivity contribution in [3.05, 3.63) is 29.8 Å².